The minimum absolute atomic E-state index is 0.0854. The summed E-state index contributed by atoms with van der Waals surface area (Å²) in [5.41, 5.74) is 2.00. The number of aromatic nitrogens is 4. The van der Waals surface area contributed by atoms with Crippen LogP contribution in [0.4, 0.5) is 0 Å². The van der Waals surface area contributed by atoms with E-state index in [1.165, 1.54) is 0 Å². The van der Waals surface area contributed by atoms with E-state index >= 15 is 0 Å². The lowest BCUT2D eigenvalue weighted by atomic mass is 9.75. The molecule has 0 spiro atoms. The van der Waals surface area contributed by atoms with E-state index in [0.717, 1.165) is 50.3 Å². The van der Waals surface area contributed by atoms with Crippen LogP contribution in [0, 0.1) is 11.8 Å². The first-order valence-corrected chi connectivity index (χ1v) is 9.67. The first-order valence-electron chi connectivity index (χ1n) is 9.67. The van der Waals surface area contributed by atoms with E-state index in [9.17, 15) is 4.79 Å². The molecule has 8 heteroatoms. The fourth-order valence-electron chi connectivity index (χ4n) is 4.35. The Kier molecular flexibility index (Phi) is 5.45. The van der Waals surface area contributed by atoms with E-state index in [4.69, 9.17) is 0 Å². The van der Waals surface area contributed by atoms with Crippen LogP contribution < -0.4 is 10.6 Å². The van der Waals surface area contributed by atoms with Gasteiger partial charge in [0, 0.05) is 44.3 Å². The highest BCUT2D eigenvalue weighted by Crippen LogP contribution is 2.36. The van der Waals surface area contributed by atoms with Gasteiger partial charge in [0.25, 0.3) is 0 Å². The van der Waals surface area contributed by atoms with Crippen molar-refractivity contribution in [2.45, 2.75) is 38.5 Å². The molecule has 1 amide bonds. The van der Waals surface area contributed by atoms with Crippen LogP contribution in [-0.2, 0) is 24.4 Å². The van der Waals surface area contributed by atoms with Crippen molar-refractivity contribution in [3.63, 3.8) is 0 Å². The molecule has 2 aromatic heterocycles. The predicted octanol–water partition coefficient (Wildman–Crippen LogP) is 0.419. The Morgan fingerprint density at radius 1 is 1.37 bits per heavy atom. The minimum Gasteiger partial charge on any atom is -0.352 e. The van der Waals surface area contributed by atoms with E-state index in [1.807, 2.05) is 30.1 Å². The fourth-order valence-corrected chi connectivity index (χ4v) is 4.35. The zero-order valence-electron chi connectivity index (χ0n) is 15.7. The Morgan fingerprint density at radius 3 is 3.04 bits per heavy atom. The molecule has 2 aromatic rings. The second kappa shape index (κ2) is 8.14. The standard InChI is InChI=1S/C19H27N7O/c1-20-10-16-11-26(24-23-16)12-17-7-15-4-6-25(17)13-18(15)19(27)22-9-14-3-2-5-21-8-14/h2-3,5,8,11,15,17-18,20H,4,6-7,9-10,12-13H2,1H3,(H,22,27)/t15-,17-,18+/m1/s1. The van der Waals surface area contributed by atoms with Crippen molar-refractivity contribution in [1.82, 2.24) is 35.5 Å². The smallest absolute Gasteiger partial charge is 0.224 e. The monoisotopic (exact) mass is 369 g/mol. The van der Waals surface area contributed by atoms with Gasteiger partial charge in [-0.1, -0.05) is 11.3 Å². The number of amides is 1. The third-order valence-electron chi connectivity index (χ3n) is 5.75. The first kappa shape index (κ1) is 18.1. The van der Waals surface area contributed by atoms with Crippen molar-refractivity contribution in [2.75, 3.05) is 20.1 Å². The normalized spacial score (nSPS) is 26.9. The van der Waals surface area contributed by atoms with Gasteiger partial charge in [-0.2, -0.15) is 0 Å². The van der Waals surface area contributed by atoms with Crippen molar-refractivity contribution in [1.29, 1.82) is 0 Å². The van der Waals surface area contributed by atoms with Gasteiger partial charge in [-0.3, -0.25) is 19.4 Å². The molecule has 0 radical (unpaired) electrons. The zero-order valence-corrected chi connectivity index (χ0v) is 15.7. The zero-order chi connectivity index (χ0) is 18.6. The Morgan fingerprint density at radius 2 is 2.30 bits per heavy atom. The molecular weight excluding hydrogens is 342 g/mol. The number of fused-ring (bicyclic) bond motifs is 3. The molecule has 2 bridgehead atoms. The number of carbonyl (C=O) groups excluding carboxylic acids is 1. The molecule has 5 heterocycles. The highest BCUT2D eigenvalue weighted by Gasteiger charge is 2.43. The summed E-state index contributed by atoms with van der Waals surface area (Å²) in [6.45, 7) is 4.03. The Hall–Kier alpha value is -2.32. The Labute approximate surface area is 159 Å². The third kappa shape index (κ3) is 4.17. The molecular formula is C19H27N7O. The average Bonchev–Trinajstić information content (AvgIpc) is 3.14. The van der Waals surface area contributed by atoms with E-state index in [-0.39, 0.29) is 11.8 Å². The van der Waals surface area contributed by atoms with Gasteiger partial charge in [-0.25, -0.2) is 0 Å². The highest BCUT2D eigenvalue weighted by atomic mass is 16.1. The molecule has 0 saturated carbocycles. The number of piperidine rings is 3. The topological polar surface area (TPSA) is 88.0 Å². The molecule has 2 N–H and O–H groups in total. The molecule has 5 rings (SSSR count). The van der Waals surface area contributed by atoms with Crippen LogP contribution in [-0.4, -0.2) is 57.0 Å². The van der Waals surface area contributed by atoms with E-state index in [2.05, 4.69) is 30.8 Å². The summed E-state index contributed by atoms with van der Waals surface area (Å²) in [6, 6.07) is 4.32. The van der Waals surface area contributed by atoms with Crippen LogP contribution in [0.25, 0.3) is 0 Å². The number of carbonyl (C=O) groups is 1. The summed E-state index contributed by atoms with van der Waals surface area (Å²) in [5.74, 6) is 0.709. The highest BCUT2D eigenvalue weighted by molar-refractivity contribution is 5.79. The molecule has 4 atom stereocenters. The Balaban J connectivity index is 1.32. The molecule has 8 nitrogen and oxygen atoms in total. The van der Waals surface area contributed by atoms with Crippen LogP contribution in [0.15, 0.2) is 30.7 Å². The van der Waals surface area contributed by atoms with Crippen LogP contribution in [0.1, 0.15) is 24.1 Å². The van der Waals surface area contributed by atoms with E-state index in [0.29, 0.717) is 18.5 Å². The quantitative estimate of drug-likeness (QED) is 0.735. The molecule has 3 fully saturated rings. The number of hydrogen-bond acceptors (Lipinski definition) is 6. The summed E-state index contributed by atoms with van der Waals surface area (Å²) in [7, 11) is 1.91. The van der Waals surface area contributed by atoms with Gasteiger partial charge in [0.2, 0.25) is 5.91 Å². The van der Waals surface area contributed by atoms with Gasteiger partial charge < -0.3 is 10.6 Å². The molecule has 0 aliphatic carbocycles. The lowest BCUT2D eigenvalue weighted by Gasteiger charge is -2.49. The van der Waals surface area contributed by atoms with Gasteiger partial charge >= 0.3 is 0 Å². The van der Waals surface area contributed by atoms with E-state index in [1.54, 1.807) is 12.4 Å². The molecule has 27 heavy (non-hydrogen) atoms. The largest absolute Gasteiger partial charge is 0.352 e. The lowest BCUT2D eigenvalue weighted by molar-refractivity contribution is -0.133. The maximum absolute atomic E-state index is 12.7. The third-order valence-corrected chi connectivity index (χ3v) is 5.75. The average molecular weight is 369 g/mol. The lowest BCUT2D eigenvalue weighted by Crippen LogP contribution is -2.58. The summed E-state index contributed by atoms with van der Waals surface area (Å²) >= 11 is 0. The second-order valence-corrected chi connectivity index (χ2v) is 7.58. The van der Waals surface area contributed by atoms with Crippen LogP contribution in [0.2, 0.25) is 0 Å². The van der Waals surface area contributed by atoms with Crippen molar-refractivity contribution in [2.24, 2.45) is 11.8 Å². The van der Waals surface area contributed by atoms with Gasteiger partial charge in [-0.15, -0.1) is 5.10 Å². The van der Waals surface area contributed by atoms with E-state index < -0.39 is 0 Å². The van der Waals surface area contributed by atoms with Gasteiger partial charge in [0.15, 0.2) is 0 Å². The van der Waals surface area contributed by atoms with Crippen molar-refractivity contribution < 1.29 is 4.79 Å². The maximum atomic E-state index is 12.7. The molecule has 0 aromatic carbocycles. The molecule has 144 valence electrons. The first-order chi connectivity index (χ1) is 13.2. The second-order valence-electron chi connectivity index (χ2n) is 7.58. The minimum atomic E-state index is 0.0854. The van der Waals surface area contributed by atoms with Gasteiger partial charge in [0.05, 0.1) is 18.2 Å². The summed E-state index contributed by atoms with van der Waals surface area (Å²) in [4.78, 5) is 19.3. The van der Waals surface area contributed by atoms with Crippen molar-refractivity contribution in [3.8, 4) is 0 Å². The number of nitrogens with zero attached hydrogens (tertiary/aromatic N) is 5. The number of nitrogens with one attached hydrogen (secondary N) is 2. The SMILES string of the molecule is CNCc1cn(C[C@H]2C[C@H]3CCN2C[C@@H]3C(=O)NCc2cccnc2)nn1. The predicted molar refractivity (Wildman–Crippen MR) is 100 cm³/mol. The van der Waals surface area contributed by atoms with Crippen LogP contribution >= 0.6 is 0 Å². The molecule has 1 unspecified atom stereocenters. The number of rotatable bonds is 7. The number of pyridine rings is 1. The van der Waals surface area contributed by atoms with Crippen molar-refractivity contribution >= 4 is 5.91 Å². The molecule has 3 aliphatic heterocycles. The van der Waals surface area contributed by atoms with Crippen molar-refractivity contribution in [3.05, 3.63) is 42.0 Å². The maximum Gasteiger partial charge on any atom is 0.224 e. The number of hydrogen-bond donors (Lipinski definition) is 2. The molecule has 3 saturated heterocycles. The van der Waals surface area contributed by atoms with Crippen LogP contribution in [0.3, 0.4) is 0 Å². The Bertz CT molecular complexity index is 762. The van der Waals surface area contributed by atoms with Crippen LogP contribution in [0.5, 0.6) is 0 Å². The fraction of sp³-hybridized carbons (Fsp3) is 0.579. The summed E-state index contributed by atoms with van der Waals surface area (Å²) in [5, 5.41) is 14.6. The van der Waals surface area contributed by atoms with Gasteiger partial charge in [-0.05, 0) is 44.0 Å². The molecule has 3 aliphatic rings. The summed E-state index contributed by atoms with van der Waals surface area (Å²) in [6.07, 6.45) is 7.71. The van der Waals surface area contributed by atoms with Gasteiger partial charge in [0.1, 0.15) is 0 Å². The summed E-state index contributed by atoms with van der Waals surface area (Å²) < 4.78 is 1.94.